The monoisotopic (exact) mass is 425 g/mol. The predicted molar refractivity (Wildman–Crippen MR) is 116 cm³/mol. The molecule has 1 unspecified atom stereocenters. The van der Waals surface area contributed by atoms with Crippen molar-refractivity contribution >= 4 is 33.3 Å². The van der Waals surface area contributed by atoms with Gasteiger partial charge in [-0.2, -0.15) is 5.10 Å². The lowest BCUT2D eigenvalue weighted by Gasteiger charge is -2.17. The lowest BCUT2D eigenvalue weighted by molar-refractivity contribution is -0.126. The van der Waals surface area contributed by atoms with Gasteiger partial charge in [-0.1, -0.05) is 41.7 Å². The van der Waals surface area contributed by atoms with E-state index in [2.05, 4.69) is 35.9 Å². The number of hydrogen-bond donors (Lipinski definition) is 2. The molecule has 1 fully saturated rings. The Balaban J connectivity index is 1.34. The fraction of sp³-hybridized carbons (Fsp3) is 0.350. The molecule has 0 saturated carbocycles. The molecular weight excluding hydrogens is 402 g/mol. The van der Waals surface area contributed by atoms with Gasteiger partial charge in [-0.15, -0.1) is 15.3 Å². The van der Waals surface area contributed by atoms with Crippen molar-refractivity contribution in [3.05, 3.63) is 53.7 Å². The van der Waals surface area contributed by atoms with Crippen molar-refractivity contribution in [2.75, 3.05) is 35.7 Å². The molecular formula is C20H23N7O2S. The SMILES string of the molecule is COC(C(=O)Nc1nnc(N[C@@H]2CCN(c3cc(C)cnn3)C2)s1)c1ccccc1. The van der Waals surface area contributed by atoms with Crippen LogP contribution in [-0.4, -0.2) is 52.5 Å². The Labute approximate surface area is 178 Å². The number of carbonyl (C=O) groups is 1. The highest BCUT2D eigenvalue weighted by Crippen LogP contribution is 2.26. The molecule has 0 radical (unpaired) electrons. The van der Waals surface area contributed by atoms with E-state index in [0.717, 1.165) is 36.5 Å². The molecule has 0 spiro atoms. The van der Waals surface area contributed by atoms with E-state index in [-0.39, 0.29) is 11.9 Å². The summed E-state index contributed by atoms with van der Waals surface area (Å²) in [4.78, 5) is 14.8. The van der Waals surface area contributed by atoms with Gasteiger partial charge in [0.1, 0.15) is 0 Å². The number of aryl methyl sites for hydroxylation is 1. The number of rotatable bonds is 7. The summed E-state index contributed by atoms with van der Waals surface area (Å²) in [7, 11) is 1.51. The van der Waals surface area contributed by atoms with E-state index >= 15 is 0 Å². The van der Waals surface area contributed by atoms with Crippen LogP contribution >= 0.6 is 11.3 Å². The van der Waals surface area contributed by atoms with Gasteiger partial charge in [0.15, 0.2) is 11.9 Å². The lowest BCUT2D eigenvalue weighted by Crippen LogP contribution is -2.26. The van der Waals surface area contributed by atoms with Crippen LogP contribution in [0.5, 0.6) is 0 Å². The van der Waals surface area contributed by atoms with Gasteiger partial charge in [0.2, 0.25) is 10.3 Å². The third-order valence-electron chi connectivity index (χ3n) is 4.85. The van der Waals surface area contributed by atoms with Crippen LogP contribution in [0.15, 0.2) is 42.6 Å². The molecule has 2 aromatic heterocycles. The van der Waals surface area contributed by atoms with E-state index in [9.17, 15) is 4.79 Å². The zero-order valence-electron chi connectivity index (χ0n) is 16.8. The van der Waals surface area contributed by atoms with E-state index in [1.54, 1.807) is 6.20 Å². The number of ether oxygens (including phenoxy) is 1. The van der Waals surface area contributed by atoms with Crippen LogP contribution < -0.4 is 15.5 Å². The third-order valence-corrected chi connectivity index (χ3v) is 5.62. The molecule has 2 atom stereocenters. The molecule has 1 amide bonds. The maximum atomic E-state index is 12.6. The quantitative estimate of drug-likeness (QED) is 0.595. The number of methoxy groups -OCH3 is 1. The molecule has 0 aliphatic carbocycles. The zero-order valence-corrected chi connectivity index (χ0v) is 17.6. The average molecular weight is 426 g/mol. The van der Waals surface area contributed by atoms with E-state index in [4.69, 9.17) is 4.74 Å². The van der Waals surface area contributed by atoms with Crippen molar-refractivity contribution in [2.24, 2.45) is 0 Å². The molecule has 156 valence electrons. The van der Waals surface area contributed by atoms with Crippen LogP contribution in [0.25, 0.3) is 0 Å². The molecule has 30 heavy (non-hydrogen) atoms. The highest BCUT2D eigenvalue weighted by molar-refractivity contribution is 7.19. The first-order chi connectivity index (χ1) is 14.6. The summed E-state index contributed by atoms with van der Waals surface area (Å²) in [5.41, 5.74) is 1.87. The molecule has 2 N–H and O–H groups in total. The van der Waals surface area contributed by atoms with Gasteiger partial charge >= 0.3 is 0 Å². The Hall–Kier alpha value is -3.11. The Bertz CT molecular complexity index is 998. The number of anilines is 3. The van der Waals surface area contributed by atoms with Crippen molar-refractivity contribution in [1.29, 1.82) is 0 Å². The summed E-state index contributed by atoms with van der Waals surface area (Å²) < 4.78 is 5.36. The second kappa shape index (κ2) is 9.14. The van der Waals surface area contributed by atoms with Gasteiger partial charge in [0.05, 0.1) is 6.20 Å². The Morgan fingerprint density at radius 2 is 2.03 bits per heavy atom. The maximum absolute atomic E-state index is 12.6. The molecule has 1 saturated heterocycles. The molecule has 4 rings (SSSR count). The van der Waals surface area contributed by atoms with Crippen molar-refractivity contribution in [3.8, 4) is 0 Å². The summed E-state index contributed by atoms with van der Waals surface area (Å²) >= 11 is 1.30. The molecule has 1 aromatic carbocycles. The maximum Gasteiger partial charge on any atom is 0.259 e. The Kier molecular flexibility index (Phi) is 6.15. The molecule has 1 aliphatic rings. The summed E-state index contributed by atoms with van der Waals surface area (Å²) in [5, 5.41) is 23.8. The van der Waals surface area contributed by atoms with E-state index < -0.39 is 6.10 Å². The van der Waals surface area contributed by atoms with E-state index in [1.165, 1.54) is 18.4 Å². The normalized spacial score (nSPS) is 17.0. The third kappa shape index (κ3) is 4.71. The predicted octanol–water partition coefficient (Wildman–Crippen LogP) is 2.65. The first kappa shape index (κ1) is 20.2. The lowest BCUT2D eigenvalue weighted by atomic mass is 10.1. The summed E-state index contributed by atoms with van der Waals surface area (Å²) in [5.74, 6) is 0.604. The first-order valence-corrected chi connectivity index (χ1v) is 10.5. The topological polar surface area (TPSA) is 105 Å². The fourth-order valence-electron chi connectivity index (χ4n) is 3.39. The number of aromatic nitrogens is 4. The van der Waals surface area contributed by atoms with Crippen LogP contribution in [0.2, 0.25) is 0 Å². The van der Waals surface area contributed by atoms with Gasteiger partial charge in [-0.3, -0.25) is 10.1 Å². The number of carbonyl (C=O) groups excluding carboxylic acids is 1. The van der Waals surface area contributed by atoms with Crippen LogP contribution in [0.3, 0.4) is 0 Å². The molecule has 3 aromatic rings. The minimum Gasteiger partial charge on any atom is -0.367 e. The van der Waals surface area contributed by atoms with Crippen LogP contribution in [0.1, 0.15) is 23.7 Å². The smallest absolute Gasteiger partial charge is 0.259 e. The van der Waals surface area contributed by atoms with Crippen molar-refractivity contribution in [1.82, 2.24) is 20.4 Å². The molecule has 9 nitrogen and oxygen atoms in total. The number of benzene rings is 1. The number of hydrogen-bond acceptors (Lipinski definition) is 9. The average Bonchev–Trinajstić information content (AvgIpc) is 3.39. The van der Waals surface area contributed by atoms with Gasteiger partial charge in [-0.25, -0.2) is 0 Å². The Morgan fingerprint density at radius 1 is 1.23 bits per heavy atom. The van der Waals surface area contributed by atoms with Crippen molar-refractivity contribution < 1.29 is 9.53 Å². The van der Waals surface area contributed by atoms with Gasteiger partial charge in [0, 0.05) is 26.2 Å². The number of nitrogens with zero attached hydrogens (tertiary/aromatic N) is 5. The zero-order chi connectivity index (χ0) is 20.9. The summed E-state index contributed by atoms with van der Waals surface area (Å²) in [6, 6.07) is 11.6. The summed E-state index contributed by atoms with van der Waals surface area (Å²) in [6.45, 7) is 3.71. The number of amides is 1. The largest absolute Gasteiger partial charge is 0.367 e. The van der Waals surface area contributed by atoms with Gasteiger partial charge in [0.25, 0.3) is 5.91 Å². The second-order valence-electron chi connectivity index (χ2n) is 7.10. The number of nitrogens with one attached hydrogen (secondary N) is 2. The summed E-state index contributed by atoms with van der Waals surface area (Å²) in [6.07, 6.45) is 2.00. The van der Waals surface area contributed by atoms with E-state index in [0.29, 0.717) is 10.3 Å². The van der Waals surface area contributed by atoms with Crippen molar-refractivity contribution in [3.63, 3.8) is 0 Å². The standard InChI is InChI=1S/C20H23N7O2S/c1-13-10-16(24-21-11-13)27-9-8-15(12-27)22-19-25-26-20(30-19)23-18(28)17(29-2)14-6-4-3-5-7-14/h3-7,10-11,15,17H,8-9,12H2,1-2H3,(H,22,25)(H,23,26,28)/t15-,17?/m1/s1. The van der Waals surface area contributed by atoms with E-state index in [1.807, 2.05) is 43.3 Å². The van der Waals surface area contributed by atoms with Crippen LogP contribution in [-0.2, 0) is 9.53 Å². The van der Waals surface area contributed by atoms with Gasteiger partial charge in [-0.05, 0) is 30.5 Å². The highest BCUT2D eigenvalue weighted by Gasteiger charge is 2.25. The molecule has 0 bridgehead atoms. The fourth-order valence-corrected chi connectivity index (χ4v) is 4.11. The van der Waals surface area contributed by atoms with Gasteiger partial charge < -0.3 is 15.0 Å². The first-order valence-electron chi connectivity index (χ1n) is 9.65. The van der Waals surface area contributed by atoms with Crippen LogP contribution in [0, 0.1) is 6.92 Å². The second-order valence-corrected chi connectivity index (χ2v) is 8.07. The molecule has 3 heterocycles. The highest BCUT2D eigenvalue weighted by atomic mass is 32.1. The molecule has 10 heteroatoms. The van der Waals surface area contributed by atoms with Crippen molar-refractivity contribution in [2.45, 2.75) is 25.5 Å². The minimum absolute atomic E-state index is 0.222. The molecule has 1 aliphatic heterocycles. The van der Waals surface area contributed by atoms with Crippen LogP contribution in [0.4, 0.5) is 16.1 Å². The Morgan fingerprint density at radius 3 is 2.80 bits per heavy atom. The minimum atomic E-state index is -0.703.